The predicted octanol–water partition coefficient (Wildman–Crippen LogP) is 3.38. The van der Waals surface area contributed by atoms with Crippen LogP contribution in [-0.4, -0.2) is 40.7 Å². The lowest BCUT2D eigenvalue weighted by Gasteiger charge is -2.30. The van der Waals surface area contributed by atoms with Crippen molar-refractivity contribution in [2.75, 3.05) is 13.1 Å². The van der Waals surface area contributed by atoms with Gasteiger partial charge in [0.1, 0.15) is 5.60 Å². The fourth-order valence-electron chi connectivity index (χ4n) is 2.22. The van der Waals surface area contributed by atoms with Crippen LogP contribution in [0.1, 0.15) is 32.8 Å². The van der Waals surface area contributed by atoms with Gasteiger partial charge in [-0.15, -0.1) is 0 Å². The second kappa shape index (κ2) is 6.69. The van der Waals surface area contributed by atoms with Crippen LogP contribution in [0.4, 0.5) is 4.79 Å². The molecule has 1 fully saturated rings. The van der Waals surface area contributed by atoms with Gasteiger partial charge in [0.2, 0.25) is 5.91 Å². The molecule has 1 aliphatic heterocycles. The Labute approximate surface area is 139 Å². The first kappa shape index (κ1) is 16.8. The molecule has 2 rings (SSSR count). The molecule has 0 aromatic heterocycles. The number of hydrogen-bond acceptors (Lipinski definition) is 3. The molecule has 0 unspecified atom stereocenters. The minimum Gasteiger partial charge on any atom is -0.442 e. The Kier molecular flexibility index (Phi) is 5.11. The van der Waals surface area contributed by atoms with Crippen molar-refractivity contribution >= 4 is 27.9 Å². The molecule has 0 spiro atoms. The maximum atomic E-state index is 12.2. The summed E-state index contributed by atoms with van der Waals surface area (Å²) in [6, 6.07) is 7.93. The van der Waals surface area contributed by atoms with Crippen LogP contribution in [0.2, 0.25) is 0 Å². The second-order valence-corrected chi connectivity index (χ2v) is 7.16. The van der Waals surface area contributed by atoms with E-state index in [0.717, 1.165) is 10.0 Å². The molecule has 1 heterocycles. The van der Waals surface area contributed by atoms with E-state index in [1.54, 1.807) is 0 Å². The number of rotatable bonds is 3. The van der Waals surface area contributed by atoms with Crippen molar-refractivity contribution < 1.29 is 14.3 Å². The molecule has 0 atom stereocenters. The fourth-order valence-corrected chi connectivity index (χ4v) is 2.49. The standard InChI is InChI=1S/C16H21BrN2O3/c1-16(2,3)22-15(21)19-11-9-14(20)18(19)10-8-12-4-6-13(17)7-5-12/h4-7H,8-11H2,1-3H3. The monoisotopic (exact) mass is 368 g/mol. The minimum atomic E-state index is -0.569. The minimum absolute atomic E-state index is 0.0389. The Morgan fingerprint density at radius 2 is 1.91 bits per heavy atom. The van der Waals surface area contributed by atoms with Crippen molar-refractivity contribution in [3.05, 3.63) is 34.3 Å². The average molecular weight is 369 g/mol. The molecule has 1 saturated heterocycles. The third-order valence-electron chi connectivity index (χ3n) is 3.25. The number of amides is 2. The molecular weight excluding hydrogens is 348 g/mol. The molecule has 0 bridgehead atoms. The zero-order chi connectivity index (χ0) is 16.3. The summed E-state index contributed by atoms with van der Waals surface area (Å²) in [7, 11) is 0. The number of halogens is 1. The quantitative estimate of drug-likeness (QED) is 0.821. The van der Waals surface area contributed by atoms with Gasteiger partial charge < -0.3 is 4.74 Å². The van der Waals surface area contributed by atoms with Gasteiger partial charge in [-0.3, -0.25) is 4.79 Å². The summed E-state index contributed by atoms with van der Waals surface area (Å²) in [4.78, 5) is 24.2. The van der Waals surface area contributed by atoms with E-state index >= 15 is 0 Å². The van der Waals surface area contributed by atoms with Gasteiger partial charge >= 0.3 is 6.09 Å². The highest BCUT2D eigenvalue weighted by atomic mass is 79.9. The third-order valence-corrected chi connectivity index (χ3v) is 3.78. The second-order valence-electron chi connectivity index (χ2n) is 6.25. The third kappa shape index (κ3) is 4.47. The highest BCUT2D eigenvalue weighted by molar-refractivity contribution is 9.10. The molecule has 2 amide bonds. The van der Waals surface area contributed by atoms with E-state index in [1.165, 1.54) is 10.0 Å². The first-order valence-corrected chi connectivity index (χ1v) is 8.11. The maximum absolute atomic E-state index is 12.2. The Hall–Kier alpha value is -1.56. The topological polar surface area (TPSA) is 49.9 Å². The van der Waals surface area contributed by atoms with Crippen molar-refractivity contribution in [1.29, 1.82) is 0 Å². The van der Waals surface area contributed by atoms with Crippen molar-refractivity contribution in [2.45, 2.75) is 39.2 Å². The van der Waals surface area contributed by atoms with Crippen molar-refractivity contribution in [2.24, 2.45) is 0 Å². The van der Waals surface area contributed by atoms with E-state index in [1.807, 2.05) is 45.0 Å². The van der Waals surface area contributed by atoms with Gasteiger partial charge in [-0.05, 0) is 44.9 Å². The molecule has 1 aromatic rings. The summed E-state index contributed by atoms with van der Waals surface area (Å²) in [5.74, 6) is -0.0389. The Balaban J connectivity index is 1.99. The number of hydrazine groups is 1. The van der Waals surface area contributed by atoms with Crippen LogP contribution in [0.5, 0.6) is 0 Å². The van der Waals surface area contributed by atoms with Gasteiger partial charge in [0.25, 0.3) is 0 Å². The largest absolute Gasteiger partial charge is 0.442 e. The van der Waals surface area contributed by atoms with Gasteiger partial charge in [-0.1, -0.05) is 28.1 Å². The molecular formula is C16H21BrN2O3. The van der Waals surface area contributed by atoms with E-state index in [9.17, 15) is 9.59 Å². The van der Waals surface area contributed by atoms with Crippen molar-refractivity contribution in [3.8, 4) is 0 Å². The zero-order valence-electron chi connectivity index (χ0n) is 13.1. The average Bonchev–Trinajstić information content (AvgIpc) is 2.78. The smallest absolute Gasteiger partial charge is 0.429 e. The molecule has 0 radical (unpaired) electrons. The summed E-state index contributed by atoms with van der Waals surface area (Å²) >= 11 is 3.39. The molecule has 5 nitrogen and oxygen atoms in total. The number of benzene rings is 1. The van der Waals surface area contributed by atoms with Crippen molar-refractivity contribution in [3.63, 3.8) is 0 Å². The van der Waals surface area contributed by atoms with Crippen LogP contribution >= 0.6 is 15.9 Å². The Bertz CT molecular complexity index is 552. The van der Waals surface area contributed by atoms with Crippen LogP contribution in [-0.2, 0) is 16.0 Å². The van der Waals surface area contributed by atoms with Crippen LogP contribution in [0.3, 0.4) is 0 Å². The summed E-state index contributed by atoms with van der Waals surface area (Å²) < 4.78 is 6.37. The summed E-state index contributed by atoms with van der Waals surface area (Å²) in [6.07, 6.45) is 0.576. The lowest BCUT2D eigenvalue weighted by molar-refractivity contribution is -0.137. The first-order chi connectivity index (χ1) is 10.3. The van der Waals surface area contributed by atoms with Crippen LogP contribution in [0.15, 0.2) is 28.7 Å². The van der Waals surface area contributed by atoms with Crippen LogP contribution in [0.25, 0.3) is 0 Å². The highest BCUT2D eigenvalue weighted by Crippen LogP contribution is 2.18. The van der Waals surface area contributed by atoms with Crippen LogP contribution in [0, 0.1) is 0 Å². The number of carbonyl (C=O) groups excluding carboxylic acids is 2. The van der Waals surface area contributed by atoms with Gasteiger partial charge in [0.05, 0.1) is 6.54 Å². The lowest BCUT2D eigenvalue weighted by Crippen LogP contribution is -2.46. The van der Waals surface area contributed by atoms with Gasteiger partial charge in [0.15, 0.2) is 0 Å². The number of ether oxygens (including phenoxy) is 1. The van der Waals surface area contributed by atoms with E-state index < -0.39 is 11.7 Å². The van der Waals surface area contributed by atoms with Crippen LogP contribution < -0.4 is 0 Å². The summed E-state index contributed by atoms with van der Waals surface area (Å²) in [6.45, 7) is 6.30. The van der Waals surface area contributed by atoms with Gasteiger partial charge in [0, 0.05) is 17.4 Å². The number of carbonyl (C=O) groups is 2. The van der Waals surface area contributed by atoms with Gasteiger partial charge in [-0.2, -0.15) is 0 Å². The molecule has 1 aliphatic rings. The highest BCUT2D eigenvalue weighted by Gasteiger charge is 2.35. The fraction of sp³-hybridized carbons (Fsp3) is 0.500. The van der Waals surface area contributed by atoms with Crippen molar-refractivity contribution in [1.82, 2.24) is 10.0 Å². The SMILES string of the molecule is CC(C)(C)OC(=O)N1CCC(=O)N1CCc1ccc(Br)cc1. The van der Waals surface area contributed by atoms with E-state index in [0.29, 0.717) is 25.9 Å². The molecule has 120 valence electrons. The maximum Gasteiger partial charge on any atom is 0.429 e. The summed E-state index contributed by atoms with van der Waals surface area (Å²) in [5.41, 5.74) is 0.548. The van der Waals surface area contributed by atoms with E-state index in [4.69, 9.17) is 4.74 Å². The zero-order valence-corrected chi connectivity index (χ0v) is 14.7. The Morgan fingerprint density at radius 1 is 1.27 bits per heavy atom. The first-order valence-electron chi connectivity index (χ1n) is 7.31. The van der Waals surface area contributed by atoms with E-state index in [2.05, 4.69) is 15.9 Å². The summed E-state index contributed by atoms with van der Waals surface area (Å²) in [5, 5.41) is 2.91. The molecule has 1 aromatic carbocycles. The molecule has 0 aliphatic carbocycles. The Morgan fingerprint density at radius 3 is 2.50 bits per heavy atom. The number of nitrogens with zero attached hydrogens (tertiary/aromatic N) is 2. The lowest BCUT2D eigenvalue weighted by atomic mass is 10.1. The van der Waals surface area contributed by atoms with E-state index in [-0.39, 0.29) is 5.91 Å². The van der Waals surface area contributed by atoms with Gasteiger partial charge in [-0.25, -0.2) is 14.8 Å². The number of hydrogen-bond donors (Lipinski definition) is 0. The predicted molar refractivity (Wildman–Crippen MR) is 87.1 cm³/mol. The molecule has 22 heavy (non-hydrogen) atoms. The normalized spacial score (nSPS) is 15.4. The molecule has 6 heteroatoms. The molecule has 0 N–H and O–H groups in total. The molecule has 0 saturated carbocycles.